The van der Waals surface area contributed by atoms with Gasteiger partial charge < -0.3 is 14.8 Å². The predicted molar refractivity (Wildman–Crippen MR) is 122 cm³/mol. The van der Waals surface area contributed by atoms with Gasteiger partial charge in [0.1, 0.15) is 11.5 Å². The van der Waals surface area contributed by atoms with E-state index in [2.05, 4.69) is 15.8 Å². The van der Waals surface area contributed by atoms with Crippen molar-refractivity contribution in [1.29, 1.82) is 0 Å². The number of amides is 2. The Balaban J connectivity index is 1.56. The molecule has 31 heavy (non-hydrogen) atoms. The first kappa shape index (κ1) is 21.8. The molecule has 0 spiro atoms. The fourth-order valence-corrected chi connectivity index (χ4v) is 3.18. The van der Waals surface area contributed by atoms with Gasteiger partial charge in [-0.2, -0.15) is 5.10 Å². The third-order valence-corrected chi connectivity index (χ3v) is 4.70. The molecule has 2 amide bonds. The number of rotatable bonds is 8. The molecule has 7 nitrogen and oxygen atoms in total. The van der Waals surface area contributed by atoms with Crippen LogP contribution in [0.3, 0.4) is 0 Å². The van der Waals surface area contributed by atoms with E-state index < -0.39 is 0 Å². The Labute approximate surface area is 181 Å². The number of hydrogen-bond acceptors (Lipinski definition) is 5. The first-order chi connectivity index (χ1) is 15.0. The maximum Gasteiger partial charge on any atom is 0.244 e. The number of benzene rings is 3. The molecule has 7 heteroatoms. The molecule has 3 aromatic rings. The Kier molecular flexibility index (Phi) is 7.22. The molecule has 0 bridgehead atoms. The van der Waals surface area contributed by atoms with Gasteiger partial charge in [0.15, 0.2) is 0 Å². The average molecular weight is 419 g/mol. The smallest absolute Gasteiger partial charge is 0.244 e. The van der Waals surface area contributed by atoms with Crippen molar-refractivity contribution in [1.82, 2.24) is 5.43 Å². The number of nitrogens with zero attached hydrogens (tertiary/aromatic N) is 1. The van der Waals surface area contributed by atoms with Crippen molar-refractivity contribution in [3.8, 4) is 11.5 Å². The summed E-state index contributed by atoms with van der Waals surface area (Å²) in [6, 6.07) is 18.9. The van der Waals surface area contributed by atoms with E-state index in [1.54, 1.807) is 32.2 Å². The van der Waals surface area contributed by atoms with Crippen molar-refractivity contribution in [3.63, 3.8) is 0 Å². The van der Waals surface area contributed by atoms with Gasteiger partial charge in [-0.3, -0.25) is 9.59 Å². The van der Waals surface area contributed by atoms with Crippen LogP contribution in [-0.2, 0) is 16.0 Å². The van der Waals surface area contributed by atoms with Crippen molar-refractivity contribution in [2.75, 3.05) is 19.5 Å². The van der Waals surface area contributed by atoms with E-state index in [1.165, 1.54) is 7.11 Å². The number of anilines is 1. The van der Waals surface area contributed by atoms with E-state index in [0.717, 1.165) is 16.3 Å². The van der Waals surface area contributed by atoms with Crippen LogP contribution >= 0.6 is 0 Å². The first-order valence-corrected chi connectivity index (χ1v) is 9.80. The van der Waals surface area contributed by atoms with Crippen molar-refractivity contribution in [2.45, 2.75) is 19.8 Å². The van der Waals surface area contributed by atoms with Crippen LogP contribution in [0.2, 0.25) is 0 Å². The Bertz CT molecular complexity index is 1120. The first-order valence-electron chi connectivity index (χ1n) is 9.80. The van der Waals surface area contributed by atoms with Crippen LogP contribution < -0.4 is 20.2 Å². The second kappa shape index (κ2) is 10.2. The standard InChI is InChI=1S/C24H25N3O4/c1-16(13-23(28)25-21-12-11-19(30-2)15-22(21)31-3)26-27-24(29)14-18-9-6-8-17-7-4-5-10-20(17)18/h4-12,15H,13-14H2,1-3H3,(H,25,28)(H,27,29)/b26-16+. The molecule has 0 saturated carbocycles. The number of hydrazone groups is 1. The highest BCUT2D eigenvalue weighted by atomic mass is 16.5. The molecule has 0 heterocycles. The Morgan fingerprint density at radius 1 is 0.935 bits per heavy atom. The number of hydrogen-bond donors (Lipinski definition) is 2. The van der Waals surface area contributed by atoms with Crippen LogP contribution in [0, 0.1) is 0 Å². The molecule has 0 unspecified atom stereocenters. The average Bonchev–Trinajstić information content (AvgIpc) is 2.78. The zero-order chi connectivity index (χ0) is 22.2. The molecule has 0 aliphatic carbocycles. The summed E-state index contributed by atoms with van der Waals surface area (Å²) >= 11 is 0. The third-order valence-electron chi connectivity index (χ3n) is 4.70. The molecule has 3 aromatic carbocycles. The summed E-state index contributed by atoms with van der Waals surface area (Å²) in [5.74, 6) is 0.605. The summed E-state index contributed by atoms with van der Waals surface area (Å²) in [7, 11) is 3.07. The lowest BCUT2D eigenvalue weighted by atomic mass is 10.0. The molecule has 0 fully saturated rings. The fourth-order valence-electron chi connectivity index (χ4n) is 3.18. The van der Waals surface area contributed by atoms with Gasteiger partial charge in [0, 0.05) is 11.8 Å². The molecule has 0 aliphatic heterocycles. The molecular weight excluding hydrogens is 394 g/mol. The molecule has 0 saturated heterocycles. The van der Waals surface area contributed by atoms with Gasteiger partial charge in [0.05, 0.1) is 32.7 Å². The molecule has 0 aliphatic rings. The number of nitrogens with one attached hydrogen (secondary N) is 2. The van der Waals surface area contributed by atoms with Crippen molar-refractivity contribution in [3.05, 3.63) is 66.2 Å². The van der Waals surface area contributed by atoms with Gasteiger partial charge in [0.2, 0.25) is 11.8 Å². The highest BCUT2D eigenvalue weighted by Crippen LogP contribution is 2.29. The van der Waals surface area contributed by atoms with E-state index in [9.17, 15) is 9.59 Å². The van der Waals surface area contributed by atoms with E-state index in [1.807, 2.05) is 42.5 Å². The van der Waals surface area contributed by atoms with Gasteiger partial charge in [0.25, 0.3) is 0 Å². The van der Waals surface area contributed by atoms with Gasteiger partial charge in [-0.1, -0.05) is 42.5 Å². The molecule has 0 radical (unpaired) electrons. The van der Waals surface area contributed by atoms with Crippen LogP contribution in [0.5, 0.6) is 11.5 Å². The number of methoxy groups -OCH3 is 2. The topological polar surface area (TPSA) is 89.0 Å². The summed E-state index contributed by atoms with van der Waals surface area (Å²) in [4.78, 5) is 24.7. The highest BCUT2D eigenvalue weighted by Gasteiger charge is 2.11. The van der Waals surface area contributed by atoms with E-state index in [-0.39, 0.29) is 24.7 Å². The number of carbonyl (C=O) groups is 2. The summed E-state index contributed by atoms with van der Waals surface area (Å²) < 4.78 is 10.4. The second-order valence-electron chi connectivity index (χ2n) is 6.99. The lowest BCUT2D eigenvalue weighted by Gasteiger charge is -2.11. The van der Waals surface area contributed by atoms with Crippen LogP contribution in [0.15, 0.2) is 65.8 Å². The van der Waals surface area contributed by atoms with Crippen molar-refractivity contribution < 1.29 is 19.1 Å². The maximum atomic E-state index is 12.3. The lowest BCUT2D eigenvalue weighted by Crippen LogP contribution is -2.23. The van der Waals surface area contributed by atoms with Crippen LogP contribution in [-0.4, -0.2) is 31.7 Å². The van der Waals surface area contributed by atoms with Crippen LogP contribution in [0.25, 0.3) is 10.8 Å². The largest absolute Gasteiger partial charge is 0.497 e. The molecule has 2 N–H and O–H groups in total. The van der Waals surface area contributed by atoms with Gasteiger partial charge in [-0.05, 0) is 35.4 Å². The molecular formula is C24H25N3O4. The van der Waals surface area contributed by atoms with E-state index in [4.69, 9.17) is 9.47 Å². The van der Waals surface area contributed by atoms with Crippen molar-refractivity contribution >= 4 is 34.0 Å². The minimum atomic E-state index is -0.270. The number of fused-ring (bicyclic) bond motifs is 1. The van der Waals surface area contributed by atoms with E-state index in [0.29, 0.717) is 22.9 Å². The fraction of sp³-hybridized carbons (Fsp3) is 0.208. The molecule has 0 aromatic heterocycles. The maximum absolute atomic E-state index is 12.3. The zero-order valence-electron chi connectivity index (χ0n) is 17.8. The normalized spacial score (nSPS) is 11.1. The lowest BCUT2D eigenvalue weighted by molar-refractivity contribution is -0.120. The summed E-state index contributed by atoms with van der Waals surface area (Å²) in [5.41, 5.74) is 4.47. The highest BCUT2D eigenvalue weighted by molar-refractivity contribution is 6.06. The van der Waals surface area contributed by atoms with Gasteiger partial charge in [-0.15, -0.1) is 0 Å². The molecule has 160 valence electrons. The second-order valence-corrected chi connectivity index (χ2v) is 6.99. The quantitative estimate of drug-likeness (QED) is 0.428. The zero-order valence-corrected chi connectivity index (χ0v) is 17.8. The summed E-state index contributed by atoms with van der Waals surface area (Å²) in [6.07, 6.45) is 0.233. The molecule has 0 atom stereocenters. The molecule has 3 rings (SSSR count). The van der Waals surface area contributed by atoms with Crippen molar-refractivity contribution in [2.24, 2.45) is 5.10 Å². The van der Waals surface area contributed by atoms with E-state index >= 15 is 0 Å². The minimum Gasteiger partial charge on any atom is -0.497 e. The number of carbonyl (C=O) groups excluding carboxylic acids is 2. The Morgan fingerprint density at radius 3 is 2.48 bits per heavy atom. The minimum absolute atomic E-state index is 0.0315. The third kappa shape index (κ3) is 5.82. The predicted octanol–water partition coefficient (Wildman–Crippen LogP) is 3.92. The van der Waals surface area contributed by atoms with Gasteiger partial charge in [-0.25, -0.2) is 5.43 Å². The van der Waals surface area contributed by atoms with Crippen LogP contribution in [0.4, 0.5) is 5.69 Å². The summed E-state index contributed by atoms with van der Waals surface area (Å²) in [5, 5.41) is 8.95. The Hall–Kier alpha value is -3.87. The monoisotopic (exact) mass is 419 g/mol. The van der Waals surface area contributed by atoms with Crippen LogP contribution in [0.1, 0.15) is 18.9 Å². The van der Waals surface area contributed by atoms with Gasteiger partial charge >= 0.3 is 0 Å². The Morgan fingerprint density at radius 2 is 1.71 bits per heavy atom. The number of ether oxygens (including phenoxy) is 2. The summed E-state index contributed by atoms with van der Waals surface area (Å²) in [6.45, 7) is 1.68. The SMILES string of the molecule is COc1ccc(NC(=O)C/C(C)=N/NC(=O)Cc2cccc3ccccc23)c(OC)c1.